The minimum atomic E-state index is -0.941. The lowest BCUT2D eigenvalue weighted by molar-refractivity contribution is -0.141. The molecule has 0 bridgehead atoms. The summed E-state index contributed by atoms with van der Waals surface area (Å²) in [7, 11) is 0. The zero-order chi connectivity index (χ0) is 14.9. The number of carbonyl (C=O) groups is 2. The number of nitrogens with zero attached hydrogens (tertiary/aromatic N) is 1. The lowest BCUT2D eigenvalue weighted by Gasteiger charge is -2.24. The number of halogens is 2. The molecule has 1 aromatic rings. The van der Waals surface area contributed by atoms with Gasteiger partial charge in [0.2, 0.25) is 0 Å². The van der Waals surface area contributed by atoms with Crippen molar-refractivity contribution < 1.29 is 19.1 Å². The first kappa shape index (κ1) is 15.0. The molecule has 108 valence electrons. The number of rotatable bonds is 5. The second-order valence-electron chi connectivity index (χ2n) is 5.09. The highest BCUT2D eigenvalue weighted by Crippen LogP contribution is 2.29. The van der Waals surface area contributed by atoms with E-state index >= 15 is 0 Å². The number of carbonyl (C=O) groups excluding carboxylic acids is 1. The van der Waals surface area contributed by atoms with E-state index in [0.29, 0.717) is 4.47 Å². The van der Waals surface area contributed by atoms with Crippen LogP contribution in [0, 0.1) is 11.7 Å². The zero-order valence-electron chi connectivity index (χ0n) is 11.0. The molecule has 1 amide bonds. The minimum absolute atomic E-state index is 0.0753. The molecule has 1 aliphatic carbocycles. The molecule has 0 aromatic heterocycles. The molecule has 0 saturated heterocycles. The fraction of sp³-hybridized carbons (Fsp3) is 0.429. The van der Waals surface area contributed by atoms with Crippen LogP contribution < -0.4 is 0 Å². The van der Waals surface area contributed by atoms with Gasteiger partial charge < -0.3 is 10.0 Å². The quantitative estimate of drug-likeness (QED) is 0.894. The Hall–Kier alpha value is -1.43. The molecule has 0 heterocycles. The molecular weight excluding hydrogens is 329 g/mol. The number of amides is 1. The van der Waals surface area contributed by atoms with Crippen LogP contribution in [0.25, 0.3) is 0 Å². The van der Waals surface area contributed by atoms with Crippen LogP contribution in [0.4, 0.5) is 4.39 Å². The first-order valence-electron chi connectivity index (χ1n) is 6.38. The average molecular weight is 344 g/mol. The molecule has 2 rings (SSSR count). The van der Waals surface area contributed by atoms with E-state index in [1.54, 1.807) is 17.9 Å². The molecule has 0 spiro atoms. The Morgan fingerprint density at radius 3 is 2.60 bits per heavy atom. The lowest BCUT2D eigenvalue weighted by Crippen LogP contribution is -2.38. The number of hydrogen-bond donors (Lipinski definition) is 1. The van der Waals surface area contributed by atoms with Crippen molar-refractivity contribution in [3.8, 4) is 0 Å². The van der Waals surface area contributed by atoms with E-state index in [1.807, 2.05) is 0 Å². The van der Waals surface area contributed by atoms with Crippen LogP contribution in [-0.4, -0.2) is 34.5 Å². The Labute approximate surface area is 124 Å². The second-order valence-corrected chi connectivity index (χ2v) is 6.00. The molecule has 1 aromatic carbocycles. The molecule has 4 nitrogen and oxygen atoms in total. The highest BCUT2D eigenvalue weighted by Gasteiger charge is 2.35. The van der Waals surface area contributed by atoms with Crippen molar-refractivity contribution in [1.29, 1.82) is 0 Å². The van der Waals surface area contributed by atoms with Gasteiger partial charge in [-0.05, 0) is 31.0 Å². The molecule has 0 radical (unpaired) electrons. The fourth-order valence-electron chi connectivity index (χ4n) is 2.00. The minimum Gasteiger partial charge on any atom is -0.481 e. The van der Waals surface area contributed by atoms with Crippen molar-refractivity contribution in [3.63, 3.8) is 0 Å². The molecule has 1 aliphatic rings. The van der Waals surface area contributed by atoms with Gasteiger partial charge in [-0.3, -0.25) is 9.59 Å². The summed E-state index contributed by atoms with van der Waals surface area (Å²) in [5.74, 6) is -2.40. The Bertz CT molecular complexity index is 525. The summed E-state index contributed by atoms with van der Waals surface area (Å²) in [6.45, 7) is 1.71. The first-order valence-corrected chi connectivity index (χ1v) is 7.17. The second kappa shape index (κ2) is 5.91. The van der Waals surface area contributed by atoms with Crippen LogP contribution in [0.3, 0.4) is 0 Å². The van der Waals surface area contributed by atoms with Crippen LogP contribution in [0.15, 0.2) is 22.7 Å². The fourth-order valence-corrected chi connectivity index (χ4v) is 2.47. The van der Waals surface area contributed by atoms with Gasteiger partial charge >= 0.3 is 5.97 Å². The largest absolute Gasteiger partial charge is 0.481 e. The Kier molecular flexibility index (Phi) is 4.42. The molecule has 20 heavy (non-hydrogen) atoms. The summed E-state index contributed by atoms with van der Waals surface area (Å²) in [6.07, 6.45) is 1.74. The van der Waals surface area contributed by atoms with Gasteiger partial charge in [-0.2, -0.15) is 0 Å². The Morgan fingerprint density at radius 1 is 1.45 bits per heavy atom. The molecular formula is C14H15BrFNO3. The van der Waals surface area contributed by atoms with E-state index in [2.05, 4.69) is 15.9 Å². The van der Waals surface area contributed by atoms with Gasteiger partial charge in [0.25, 0.3) is 5.91 Å². The van der Waals surface area contributed by atoms with E-state index in [-0.39, 0.29) is 24.1 Å². The van der Waals surface area contributed by atoms with Crippen LogP contribution >= 0.6 is 15.9 Å². The van der Waals surface area contributed by atoms with Crippen molar-refractivity contribution >= 4 is 27.8 Å². The van der Waals surface area contributed by atoms with Gasteiger partial charge in [0.05, 0.1) is 5.92 Å². The number of aliphatic carboxylic acids is 1. The maximum atomic E-state index is 13.4. The van der Waals surface area contributed by atoms with Crippen molar-refractivity contribution in [2.75, 3.05) is 6.54 Å². The molecule has 1 fully saturated rings. The monoisotopic (exact) mass is 343 g/mol. The van der Waals surface area contributed by atoms with Gasteiger partial charge in [-0.25, -0.2) is 4.39 Å². The van der Waals surface area contributed by atoms with Crippen LogP contribution in [0.5, 0.6) is 0 Å². The van der Waals surface area contributed by atoms with Crippen molar-refractivity contribution in [2.24, 2.45) is 5.92 Å². The summed E-state index contributed by atoms with van der Waals surface area (Å²) in [4.78, 5) is 24.9. The average Bonchev–Trinajstić information content (AvgIpc) is 3.17. The van der Waals surface area contributed by atoms with E-state index in [9.17, 15) is 14.0 Å². The topological polar surface area (TPSA) is 57.6 Å². The van der Waals surface area contributed by atoms with Gasteiger partial charge in [0, 0.05) is 22.6 Å². The van der Waals surface area contributed by atoms with Crippen molar-refractivity contribution in [1.82, 2.24) is 4.90 Å². The highest BCUT2D eigenvalue weighted by molar-refractivity contribution is 9.10. The summed E-state index contributed by atoms with van der Waals surface area (Å²) >= 11 is 3.15. The third kappa shape index (κ3) is 3.56. The van der Waals surface area contributed by atoms with Crippen molar-refractivity contribution in [3.05, 3.63) is 34.1 Å². The predicted octanol–water partition coefficient (Wildman–Crippen LogP) is 2.91. The number of hydrogen-bond acceptors (Lipinski definition) is 2. The lowest BCUT2D eigenvalue weighted by atomic mass is 10.1. The molecule has 1 saturated carbocycles. The number of carboxylic acid groups (broad SMARTS) is 1. The van der Waals surface area contributed by atoms with E-state index in [4.69, 9.17) is 5.11 Å². The first-order chi connectivity index (χ1) is 9.38. The van der Waals surface area contributed by atoms with Gasteiger partial charge in [-0.1, -0.05) is 22.9 Å². The zero-order valence-corrected chi connectivity index (χ0v) is 12.6. The van der Waals surface area contributed by atoms with Gasteiger partial charge in [0.15, 0.2) is 0 Å². The van der Waals surface area contributed by atoms with Crippen LogP contribution in [-0.2, 0) is 4.79 Å². The molecule has 6 heteroatoms. The van der Waals surface area contributed by atoms with Crippen LogP contribution in [0.2, 0.25) is 0 Å². The summed E-state index contributed by atoms with van der Waals surface area (Å²) in [5, 5.41) is 8.97. The Morgan fingerprint density at radius 2 is 2.10 bits per heavy atom. The normalized spacial score (nSPS) is 15.8. The maximum Gasteiger partial charge on any atom is 0.308 e. The molecule has 1 unspecified atom stereocenters. The van der Waals surface area contributed by atoms with E-state index < -0.39 is 17.7 Å². The molecule has 1 atom stereocenters. The number of carboxylic acids is 1. The van der Waals surface area contributed by atoms with Gasteiger partial charge in [0.1, 0.15) is 5.82 Å². The summed E-state index contributed by atoms with van der Waals surface area (Å²) < 4.78 is 13.9. The number of benzene rings is 1. The summed E-state index contributed by atoms with van der Waals surface area (Å²) in [5.41, 5.74) is 0.237. The predicted molar refractivity (Wildman–Crippen MR) is 75.0 cm³/mol. The standard InChI is InChI=1S/C14H15BrFNO3/c1-8(14(19)20)7-17(12-2-3-12)13(18)9-4-10(15)6-11(16)5-9/h4-6,8,12H,2-3,7H2,1H3,(H,19,20). The maximum absolute atomic E-state index is 13.4. The molecule has 1 N–H and O–H groups in total. The summed E-state index contributed by atoms with van der Waals surface area (Å²) in [6, 6.07) is 4.07. The molecule has 0 aliphatic heterocycles. The van der Waals surface area contributed by atoms with E-state index in [0.717, 1.165) is 12.8 Å². The third-order valence-electron chi connectivity index (χ3n) is 3.25. The van der Waals surface area contributed by atoms with Crippen molar-refractivity contribution in [2.45, 2.75) is 25.8 Å². The SMILES string of the molecule is CC(CN(C(=O)c1cc(F)cc(Br)c1)C1CC1)C(=O)O. The van der Waals surface area contributed by atoms with Crippen LogP contribution in [0.1, 0.15) is 30.1 Å². The smallest absolute Gasteiger partial charge is 0.308 e. The highest BCUT2D eigenvalue weighted by atomic mass is 79.9. The third-order valence-corrected chi connectivity index (χ3v) is 3.71. The van der Waals surface area contributed by atoms with Gasteiger partial charge in [-0.15, -0.1) is 0 Å². The van der Waals surface area contributed by atoms with E-state index in [1.165, 1.54) is 12.1 Å². The Balaban J connectivity index is 2.20.